The molecular formula is C14H19N3O5. The molecule has 0 aromatic carbocycles. The lowest BCUT2D eigenvalue weighted by atomic mass is 10.2. The van der Waals surface area contributed by atoms with E-state index in [0.717, 1.165) is 6.20 Å². The van der Waals surface area contributed by atoms with E-state index in [2.05, 4.69) is 4.98 Å². The van der Waals surface area contributed by atoms with Gasteiger partial charge in [-0.05, 0) is 20.8 Å². The number of nitro groups is 1. The Balaban J connectivity index is 1.97. The van der Waals surface area contributed by atoms with E-state index in [1.54, 1.807) is 25.7 Å². The van der Waals surface area contributed by atoms with Crippen LogP contribution in [0.3, 0.4) is 0 Å². The predicted octanol–water partition coefficient (Wildman–Crippen LogP) is 2.38. The molecule has 1 aromatic heterocycles. The van der Waals surface area contributed by atoms with Crippen LogP contribution in [0, 0.1) is 10.1 Å². The molecule has 0 bridgehead atoms. The van der Waals surface area contributed by atoms with E-state index in [-0.39, 0.29) is 17.5 Å². The molecule has 22 heavy (non-hydrogen) atoms. The minimum atomic E-state index is -0.556. The lowest BCUT2D eigenvalue weighted by Gasteiger charge is -2.24. The summed E-state index contributed by atoms with van der Waals surface area (Å²) in [6, 6.07) is 1.45. The Kier molecular flexibility index (Phi) is 4.48. The molecule has 0 aliphatic carbocycles. The molecule has 1 amide bonds. The van der Waals surface area contributed by atoms with Crippen molar-refractivity contribution in [1.29, 1.82) is 0 Å². The average molecular weight is 309 g/mol. The van der Waals surface area contributed by atoms with Gasteiger partial charge in [0.2, 0.25) is 5.75 Å². The average Bonchev–Trinajstić information content (AvgIpc) is 2.86. The molecule has 2 rings (SSSR count). The third-order valence-electron chi connectivity index (χ3n) is 3.05. The van der Waals surface area contributed by atoms with Crippen molar-refractivity contribution in [3.63, 3.8) is 0 Å². The Hall–Kier alpha value is -2.38. The van der Waals surface area contributed by atoms with E-state index in [9.17, 15) is 14.9 Å². The van der Waals surface area contributed by atoms with Crippen molar-refractivity contribution in [2.75, 3.05) is 13.1 Å². The number of nitrogens with zero attached hydrogens (tertiary/aromatic N) is 3. The quantitative estimate of drug-likeness (QED) is 0.628. The maximum absolute atomic E-state index is 12.0. The van der Waals surface area contributed by atoms with E-state index >= 15 is 0 Å². The zero-order chi connectivity index (χ0) is 16.3. The van der Waals surface area contributed by atoms with E-state index in [1.807, 2.05) is 0 Å². The SMILES string of the molecule is CC(C)(C)OC(=O)N1CCC(Oc2ccncc2[N+](=O)[O-])C1. The number of likely N-dealkylation sites (tertiary alicyclic amines) is 1. The minimum Gasteiger partial charge on any atom is -0.481 e. The summed E-state index contributed by atoms with van der Waals surface area (Å²) in [6.07, 6.45) is 2.48. The highest BCUT2D eigenvalue weighted by Gasteiger charge is 2.32. The Labute approximate surface area is 128 Å². The number of ether oxygens (including phenoxy) is 2. The van der Waals surface area contributed by atoms with Crippen molar-refractivity contribution in [3.8, 4) is 5.75 Å². The fraction of sp³-hybridized carbons (Fsp3) is 0.571. The van der Waals surface area contributed by atoms with Crippen LogP contribution in [0.5, 0.6) is 5.75 Å². The van der Waals surface area contributed by atoms with Crippen molar-refractivity contribution in [2.24, 2.45) is 0 Å². The zero-order valence-electron chi connectivity index (χ0n) is 12.8. The monoisotopic (exact) mass is 309 g/mol. The van der Waals surface area contributed by atoms with Gasteiger partial charge in [-0.1, -0.05) is 0 Å². The van der Waals surface area contributed by atoms with Gasteiger partial charge in [0, 0.05) is 25.2 Å². The Morgan fingerprint density at radius 2 is 2.23 bits per heavy atom. The van der Waals surface area contributed by atoms with Gasteiger partial charge >= 0.3 is 11.8 Å². The largest absolute Gasteiger partial charge is 0.481 e. The summed E-state index contributed by atoms with van der Waals surface area (Å²) in [4.78, 5) is 27.6. The van der Waals surface area contributed by atoms with Crippen molar-refractivity contribution in [3.05, 3.63) is 28.6 Å². The van der Waals surface area contributed by atoms with E-state index < -0.39 is 16.6 Å². The van der Waals surface area contributed by atoms with Gasteiger partial charge in [-0.25, -0.2) is 4.79 Å². The molecular weight excluding hydrogens is 290 g/mol. The van der Waals surface area contributed by atoms with Gasteiger partial charge in [0.25, 0.3) is 0 Å². The number of hydrogen-bond donors (Lipinski definition) is 0. The Bertz CT molecular complexity index is 570. The zero-order valence-corrected chi connectivity index (χ0v) is 12.8. The maximum atomic E-state index is 12.0. The summed E-state index contributed by atoms with van der Waals surface area (Å²) in [7, 11) is 0. The number of pyridine rings is 1. The number of hydrogen-bond acceptors (Lipinski definition) is 6. The molecule has 120 valence electrons. The lowest BCUT2D eigenvalue weighted by molar-refractivity contribution is -0.386. The molecule has 1 atom stereocenters. The molecule has 8 nitrogen and oxygen atoms in total. The van der Waals surface area contributed by atoms with Gasteiger partial charge in [0.1, 0.15) is 17.9 Å². The van der Waals surface area contributed by atoms with Crippen LogP contribution in [0.1, 0.15) is 27.2 Å². The number of aromatic nitrogens is 1. The van der Waals surface area contributed by atoms with E-state index in [0.29, 0.717) is 19.5 Å². The van der Waals surface area contributed by atoms with Crippen LogP contribution >= 0.6 is 0 Å². The van der Waals surface area contributed by atoms with Crippen LogP contribution < -0.4 is 4.74 Å². The molecule has 0 N–H and O–H groups in total. The highest BCUT2D eigenvalue weighted by Crippen LogP contribution is 2.28. The Morgan fingerprint density at radius 3 is 2.86 bits per heavy atom. The fourth-order valence-corrected chi connectivity index (χ4v) is 2.11. The predicted molar refractivity (Wildman–Crippen MR) is 77.7 cm³/mol. The summed E-state index contributed by atoms with van der Waals surface area (Å²) in [5.41, 5.74) is -0.738. The second-order valence-electron chi connectivity index (χ2n) is 6.06. The molecule has 0 spiro atoms. The molecule has 1 aliphatic heterocycles. The van der Waals surface area contributed by atoms with Crippen molar-refractivity contribution in [2.45, 2.75) is 38.9 Å². The third-order valence-corrected chi connectivity index (χ3v) is 3.05. The topological polar surface area (TPSA) is 94.8 Å². The van der Waals surface area contributed by atoms with Gasteiger partial charge in [0.15, 0.2) is 0 Å². The molecule has 2 heterocycles. The fourth-order valence-electron chi connectivity index (χ4n) is 2.11. The highest BCUT2D eigenvalue weighted by atomic mass is 16.6. The summed E-state index contributed by atoms with van der Waals surface area (Å²) in [5, 5.41) is 10.9. The first-order chi connectivity index (χ1) is 10.3. The molecule has 1 saturated heterocycles. The number of amides is 1. The first-order valence-corrected chi connectivity index (χ1v) is 6.99. The molecule has 0 radical (unpaired) electrons. The van der Waals surface area contributed by atoms with E-state index in [4.69, 9.17) is 9.47 Å². The molecule has 8 heteroatoms. The van der Waals surface area contributed by atoms with Gasteiger partial charge in [-0.3, -0.25) is 15.1 Å². The normalized spacial score (nSPS) is 18.1. The summed E-state index contributed by atoms with van der Waals surface area (Å²) in [5.74, 6) is 0.163. The molecule has 1 unspecified atom stereocenters. The first kappa shape index (κ1) is 16.0. The van der Waals surface area contributed by atoms with Crippen LogP contribution in [-0.4, -0.2) is 45.7 Å². The number of carbonyl (C=O) groups excluding carboxylic acids is 1. The van der Waals surface area contributed by atoms with Crippen LogP contribution in [0.25, 0.3) is 0 Å². The molecule has 1 fully saturated rings. The minimum absolute atomic E-state index is 0.163. The van der Waals surface area contributed by atoms with Crippen molar-refractivity contribution < 1.29 is 19.2 Å². The van der Waals surface area contributed by atoms with Gasteiger partial charge < -0.3 is 14.4 Å². The van der Waals surface area contributed by atoms with Gasteiger partial charge in [-0.15, -0.1) is 0 Å². The van der Waals surface area contributed by atoms with Crippen molar-refractivity contribution in [1.82, 2.24) is 9.88 Å². The molecule has 1 aromatic rings. The van der Waals surface area contributed by atoms with E-state index in [1.165, 1.54) is 12.3 Å². The second-order valence-corrected chi connectivity index (χ2v) is 6.06. The van der Waals surface area contributed by atoms with Crippen LogP contribution in [0.2, 0.25) is 0 Å². The summed E-state index contributed by atoms with van der Waals surface area (Å²) in [6.45, 7) is 6.24. The van der Waals surface area contributed by atoms with Crippen LogP contribution in [0.4, 0.5) is 10.5 Å². The summed E-state index contributed by atoms with van der Waals surface area (Å²) >= 11 is 0. The summed E-state index contributed by atoms with van der Waals surface area (Å²) < 4.78 is 10.9. The second kappa shape index (κ2) is 6.17. The lowest BCUT2D eigenvalue weighted by Crippen LogP contribution is -2.36. The third kappa shape index (κ3) is 4.06. The molecule has 0 saturated carbocycles. The standard InChI is InChI=1S/C14H19N3O5/c1-14(2,3)22-13(18)16-7-5-10(9-16)21-12-4-6-15-8-11(12)17(19)20/h4,6,8,10H,5,7,9H2,1-3H3. The first-order valence-electron chi connectivity index (χ1n) is 6.99. The smallest absolute Gasteiger partial charge is 0.410 e. The van der Waals surface area contributed by atoms with Crippen LogP contribution in [-0.2, 0) is 4.74 Å². The highest BCUT2D eigenvalue weighted by molar-refractivity contribution is 5.68. The van der Waals surface area contributed by atoms with Gasteiger partial charge in [-0.2, -0.15) is 0 Å². The number of rotatable bonds is 3. The van der Waals surface area contributed by atoms with Gasteiger partial charge in [0.05, 0.1) is 11.5 Å². The Morgan fingerprint density at radius 1 is 1.50 bits per heavy atom. The van der Waals surface area contributed by atoms with Crippen molar-refractivity contribution >= 4 is 11.8 Å². The number of carbonyl (C=O) groups is 1. The maximum Gasteiger partial charge on any atom is 0.410 e. The molecule has 1 aliphatic rings. The van der Waals surface area contributed by atoms with Crippen LogP contribution in [0.15, 0.2) is 18.5 Å².